The van der Waals surface area contributed by atoms with Crippen LogP contribution in [0.4, 0.5) is 4.39 Å². The fraction of sp³-hybridized carbons (Fsp3) is 0.222. The Morgan fingerprint density at radius 1 is 1.57 bits per heavy atom. The van der Waals surface area contributed by atoms with Crippen molar-refractivity contribution in [2.45, 2.75) is 6.54 Å². The second-order valence-electron chi connectivity index (χ2n) is 2.72. The minimum atomic E-state index is -0.314. The molecule has 0 unspecified atom stereocenters. The van der Waals surface area contributed by atoms with Crippen molar-refractivity contribution < 1.29 is 9.18 Å². The summed E-state index contributed by atoms with van der Waals surface area (Å²) in [5, 5.41) is 2.59. The number of rotatable bonds is 3. The van der Waals surface area contributed by atoms with E-state index in [1.165, 1.54) is 12.1 Å². The molecule has 14 heavy (non-hydrogen) atoms. The third-order valence-corrected chi connectivity index (χ3v) is 2.41. The zero-order chi connectivity index (χ0) is 10.6. The topological polar surface area (TPSA) is 55.1 Å². The van der Waals surface area contributed by atoms with Gasteiger partial charge in [-0.2, -0.15) is 0 Å². The van der Waals surface area contributed by atoms with Crippen molar-refractivity contribution in [2.24, 2.45) is 5.73 Å². The molecule has 0 atom stereocenters. The van der Waals surface area contributed by atoms with E-state index in [-0.39, 0.29) is 18.3 Å². The van der Waals surface area contributed by atoms with E-state index in [1.54, 1.807) is 6.07 Å². The molecule has 0 saturated heterocycles. The van der Waals surface area contributed by atoms with Gasteiger partial charge in [0.05, 0.1) is 6.54 Å². The molecule has 1 rings (SSSR count). The Bertz CT molecular complexity index is 344. The maximum atomic E-state index is 12.7. The van der Waals surface area contributed by atoms with Gasteiger partial charge < -0.3 is 11.1 Å². The lowest BCUT2D eigenvalue weighted by Gasteiger charge is -2.05. The van der Waals surface area contributed by atoms with Gasteiger partial charge in [0.25, 0.3) is 0 Å². The average Bonchev–Trinajstić information content (AvgIpc) is 2.16. The first kappa shape index (κ1) is 11.1. The van der Waals surface area contributed by atoms with E-state index >= 15 is 0 Å². The summed E-state index contributed by atoms with van der Waals surface area (Å²) >= 11 is 3.20. The standard InChI is InChI=1S/C9H10BrFN2O/c10-8-3-7(11)2-1-6(8)5-13-9(14)4-12/h1-3H,4-5,12H2,(H,13,14). The van der Waals surface area contributed by atoms with Crippen LogP contribution < -0.4 is 11.1 Å². The first-order valence-corrected chi connectivity index (χ1v) is 4.83. The monoisotopic (exact) mass is 260 g/mol. The van der Waals surface area contributed by atoms with Crippen LogP contribution in [-0.2, 0) is 11.3 Å². The summed E-state index contributed by atoms with van der Waals surface area (Å²) in [6.45, 7) is 0.301. The predicted molar refractivity (Wildman–Crippen MR) is 55.0 cm³/mol. The Morgan fingerprint density at radius 3 is 2.86 bits per heavy atom. The molecule has 0 spiro atoms. The molecule has 3 N–H and O–H groups in total. The molecule has 76 valence electrons. The summed E-state index contributed by atoms with van der Waals surface area (Å²) in [6, 6.07) is 4.30. The molecule has 0 fully saturated rings. The van der Waals surface area contributed by atoms with Gasteiger partial charge in [0.2, 0.25) is 5.91 Å². The van der Waals surface area contributed by atoms with Crippen molar-refractivity contribution in [2.75, 3.05) is 6.54 Å². The SMILES string of the molecule is NCC(=O)NCc1ccc(F)cc1Br. The highest BCUT2D eigenvalue weighted by molar-refractivity contribution is 9.10. The van der Waals surface area contributed by atoms with Gasteiger partial charge in [0.15, 0.2) is 0 Å². The van der Waals surface area contributed by atoms with E-state index in [0.717, 1.165) is 5.56 Å². The van der Waals surface area contributed by atoms with Crippen LogP contribution >= 0.6 is 15.9 Å². The Kier molecular flexibility index (Phi) is 4.03. The van der Waals surface area contributed by atoms with E-state index in [0.29, 0.717) is 11.0 Å². The summed E-state index contributed by atoms with van der Waals surface area (Å²) in [6.07, 6.45) is 0. The fourth-order valence-electron chi connectivity index (χ4n) is 0.931. The van der Waals surface area contributed by atoms with Crippen LogP contribution in [0.1, 0.15) is 5.56 Å². The largest absolute Gasteiger partial charge is 0.351 e. The van der Waals surface area contributed by atoms with Crippen molar-refractivity contribution in [3.05, 3.63) is 34.1 Å². The van der Waals surface area contributed by atoms with Gasteiger partial charge in [0, 0.05) is 11.0 Å². The zero-order valence-electron chi connectivity index (χ0n) is 7.39. The van der Waals surface area contributed by atoms with Crippen LogP contribution in [0.15, 0.2) is 22.7 Å². The lowest BCUT2D eigenvalue weighted by molar-refractivity contribution is -0.119. The molecule has 0 bridgehead atoms. The van der Waals surface area contributed by atoms with Crippen molar-refractivity contribution in [1.29, 1.82) is 0 Å². The number of carbonyl (C=O) groups excluding carboxylic acids is 1. The van der Waals surface area contributed by atoms with Gasteiger partial charge in [-0.05, 0) is 17.7 Å². The number of halogens is 2. The number of benzene rings is 1. The third kappa shape index (κ3) is 3.08. The Hall–Kier alpha value is -0.940. The fourth-order valence-corrected chi connectivity index (χ4v) is 1.42. The smallest absolute Gasteiger partial charge is 0.234 e. The van der Waals surface area contributed by atoms with Crippen LogP contribution in [0.3, 0.4) is 0 Å². The van der Waals surface area contributed by atoms with Crippen LogP contribution in [0.25, 0.3) is 0 Å². The summed E-state index contributed by atoms with van der Waals surface area (Å²) in [5.74, 6) is -0.549. The highest BCUT2D eigenvalue weighted by Crippen LogP contribution is 2.17. The second-order valence-corrected chi connectivity index (χ2v) is 3.57. The van der Waals surface area contributed by atoms with E-state index in [4.69, 9.17) is 5.73 Å². The molecule has 3 nitrogen and oxygen atoms in total. The zero-order valence-corrected chi connectivity index (χ0v) is 8.97. The molecule has 0 aromatic heterocycles. The highest BCUT2D eigenvalue weighted by Gasteiger charge is 2.02. The highest BCUT2D eigenvalue weighted by atomic mass is 79.9. The van der Waals surface area contributed by atoms with Gasteiger partial charge in [0.1, 0.15) is 5.82 Å². The number of hydrogen-bond acceptors (Lipinski definition) is 2. The molecule has 1 amide bonds. The molecule has 1 aromatic rings. The van der Waals surface area contributed by atoms with Crippen LogP contribution in [0, 0.1) is 5.82 Å². The number of amides is 1. The van der Waals surface area contributed by atoms with E-state index in [1.807, 2.05) is 0 Å². The first-order chi connectivity index (χ1) is 6.63. The van der Waals surface area contributed by atoms with Gasteiger partial charge in [-0.15, -0.1) is 0 Å². The van der Waals surface area contributed by atoms with Gasteiger partial charge in [-0.1, -0.05) is 22.0 Å². The molecule has 1 aromatic carbocycles. The number of nitrogens with two attached hydrogens (primary N) is 1. The minimum Gasteiger partial charge on any atom is -0.351 e. The van der Waals surface area contributed by atoms with Crippen molar-refractivity contribution in [1.82, 2.24) is 5.32 Å². The molecule has 0 radical (unpaired) electrons. The van der Waals surface area contributed by atoms with Crippen molar-refractivity contribution >= 4 is 21.8 Å². The quantitative estimate of drug-likeness (QED) is 0.857. The van der Waals surface area contributed by atoms with Crippen molar-refractivity contribution in [3.8, 4) is 0 Å². The van der Waals surface area contributed by atoms with Crippen LogP contribution in [0.2, 0.25) is 0 Å². The Morgan fingerprint density at radius 2 is 2.29 bits per heavy atom. The predicted octanol–water partition coefficient (Wildman–Crippen LogP) is 1.16. The molecule has 0 aliphatic carbocycles. The van der Waals surface area contributed by atoms with E-state index in [9.17, 15) is 9.18 Å². The molecule has 0 heterocycles. The summed E-state index contributed by atoms with van der Waals surface area (Å²) in [4.78, 5) is 10.8. The second kappa shape index (κ2) is 5.07. The summed E-state index contributed by atoms with van der Waals surface area (Å²) < 4.78 is 13.3. The number of hydrogen-bond donors (Lipinski definition) is 2. The number of carbonyl (C=O) groups is 1. The van der Waals surface area contributed by atoms with Gasteiger partial charge in [-0.25, -0.2) is 4.39 Å². The van der Waals surface area contributed by atoms with Gasteiger partial charge >= 0.3 is 0 Å². The number of nitrogens with one attached hydrogen (secondary N) is 1. The summed E-state index contributed by atoms with van der Waals surface area (Å²) in [7, 11) is 0. The normalized spacial score (nSPS) is 9.93. The molecule has 0 aliphatic heterocycles. The Labute approximate surface area is 89.6 Å². The maximum Gasteiger partial charge on any atom is 0.234 e. The lowest BCUT2D eigenvalue weighted by atomic mass is 10.2. The maximum absolute atomic E-state index is 12.7. The van der Waals surface area contributed by atoms with Crippen LogP contribution in [0.5, 0.6) is 0 Å². The third-order valence-electron chi connectivity index (χ3n) is 1.68. The molecule has 0 saturated carbocycles. The molecular weight excluding hydrogens is 251 g/mol. The molecule has 0 aliphatic rings. The van der Waals surface area contributed by atoms with Gasteiger partial charge in [-0.3, -0.25) is 4.79 Å². The minimum absolute atomic E-state index is 0.0428. The average molecular weight is 261 g/mol. The Balaban J connectivity index is 2.63. The molecule has 5 heteroatoms. The van der Waals surface area contributed by atoms with Crippen molar-refractivity contribution in [3.63, 3.8) is 0 Å². The van der Waals surface area contributed by atoms with Crippen LogP contribution in [-0.4, -0.2) is 12.5 Å². The molecular formula is C9H10BrFN2O. The van der Waals surface area contributed by atoms with E-state index < -0.39 is 0 Å². The van der Waals surface area contributed by atoms with E-state index in [2.05, 4.69) is 21.2 Å². The summed E-state index contributed by atoms with van der Waals surface area (Å²) in [5.41, 5.74) is 5.93. The first-order valence-electron chi connectivity index (χ1n) is 4.04. The lowest BCUT2D eigenvalue weighted by Crippen LogP contribution is -2.29.